The summed E-state index contributed by atoms with van der Waals surface area (Å²) in [6.07, 6.45) is 4.50. The SMILES string of the molecule is COc1cccc(C(NC(=O)CCc2c(C)noc2C)c2nccn2C)c1. The average molecular weight is 368 g/mol. The van der Waals surface area contributed by atoms with E-state index in [4.69, 9.17) is 9.26 Å². The van der Waals surface area contributed by atoms with Crippen molar-refractivity contribution in [3.8, 4) is 5.75 Å². The van der Waals surface area contributed by atoms with Crippen molar-refractivity contribution in [1.82, 2.24) is 20.0 Å². The number of benzene rings is 1. The number of aromatic nitrogens is 3. The van der Waals surface area contributed by atoms with Crippen LogP contribution in [0, 0.1) is 13.8 Å². The maximum absolute atomic E-state index is 12.7. The standard InChI is InChI=1S/C20H24N4O3/c1-13-17(14(2)27-23-13)8-9-18(25)22-19(20-21-10-11-24(20)3)15-6-5-7-16(12-15)26-4/h5-7,10-12,19H,8-9H2,1-4H3,(H,22,25). The second-order valence-electron chi connectivity index (χ2n) is 6.48. The van der Waals surface area contributed by atoms with Crippen molar-refractivity contribution in [2.24, 2.45) is 7.05 Å². The fourth-order valence-corrected chi connectivity index (χ4v) is 3.10. The van der Waals surface area contributed by atoms with E-state index in [1.165, 1.54) is 0 Å². The van der Waals surface area contributed by atoms with Crippen molar-refractivity contribution in [2.45, 2.75) is 32.7 Å². The van der Waals surface area contributed by atoms with Crippen LogP contribution in [0.15, 0.2) is 41.2 Å². The number of nitrogens with one attached hydrogen (secondary N) is 1. The number of hydrogen-bond acceptors (Lipinski definition) is 5. The molecular weight excluding hydrogens is 344 g/mol. The van der Waals surface area contributed by atoms with Gasteiger partial charge in [-0.3, -0.25) is 4.79 Å². The molecule has 3 rings (SSSR count). The van der Waals surface area contributed by atoms with E-state index in [1.807, 2.05) is 55.9 Å². The van der Waals surface area contributed by atoms with Crippen LogP contribution >= 0.6 is 0 Å². The quantitative estimate of drug-likeness (QED) is 0.693. The summed E-state index contributed by atoms with van der Waals surface area (Å²) in [6.45, 7) is 3.75. The Balaban J connectivity index is 1.79. The van der Waals surface area contributed by atoms with Crippen LogP contribution in [0.2, 0.25) is 0 Å². The van der Waals surface area contributed by atoms with Gasteiger partial charge in [-0.15, -0.1) is 0 Å². The van der Waals surface area contributed by atoms with Gasteiger partial charge in [0.25, 0.3) is 0 Å². The summed E-state index contributed by atoms with van der Waals surface area (Å²) in [5.41, 5.74) is 2.73. The molecule has 1 atom stereocenters. The maximum Gasteiger partial charge on any atom is 0.221 e. The van der Waals surface area contributed by atoms with Gasteiger partial charge in [0.15, 0.2) is 0 Å². The monoisotopic (exact) mass is 368 g/mol. The van der Waals surface area contributed by atoms with E-state index in [0.29, 0.717) is 12.8 Å². The maximum atomic E-state index is 12.7. The van der Waals surface area contributed by atoms with Gasteiger partial charge in [-0.2, -0.15) is 0 Å². The second-order valence-corrected chi connectivity index (χ2v) is 6.48. The van der Waals surface area contributed by atoms with E-state index in [9.17, 15) is 4.79 Å². The molecule has 0 aliphatic rings. The summed E-state index contributed by atoms with van der Waals surface area (Å²) >= 11 is 0. The Bertz CT molecular complexity index is 909. The molecule has 0 fully saturated rings. The lowest BCUT2D eigenvalue weighted by Crippen LogP contribution is -2.31. The number of aryl methyl sites for hydroxylation is 3. The first-order valence-corrected chi connectivity index (χ1v) is 8.82. The number of ether oxygens (including phenoxy) is 1. The van der Waals surface area contributed by atoms with Gasteiger partial charge in [0.1, 0.15) is 23.4 Å². The van der Waals surface area contributed by atoms with Crippen LogP contribution in [0.25, 0.3) is 0 Å². The normalized spacial score (nSPS) is 12.0. The van der Waals surface area contributed by atoms with Gasteiger partial charge in [0.2, 0.25) is 5.91 Å². The van der Waals surface area contributed by atoms with Gasteiger partial charge in [0, 0.05) is 31.4 Å². The van der Waals surface area contributed by atoms with Crippen LogP contribution in [0.1, 0.15) is 40.9 Å². The summed E-state index contributed by atoms with van der Waals surface area (Å²) in [5.74, 6) is 2.19. The highest BCUT2D eigenvalue weighted by molar-refractivity contribution is 5.77. The summed E-state index contributed by atoms with van der Waals surface area (Å²) in [7, 11) is 3.53. The molecular formula is C20H24N4O3. The first kappa shape index (κ1) is 18.7. The Morgan fingerprint density at radius 3 is 2.81 bits per heavy atom. The molecule has 1 N–H and O–H groups in total. The van der Waals surface area contributed by atoms with Gasteiger partial charge in [-0.25, -0.2) is 4.98 Å². The summed E-state index contributed by atoms with van der Waals surface area (Å²) in [5, 5.41) is 7.04. The smallest absolute Gasteiger partial charge is 0.221 e. The molecule has 3 aromatic rings. The molecule has 7 heteroatoms. The van der Waals surface area contributed by atoms with Crippen molar-refractivity contribution in [2.75, 3.05) is 7.11 Å². The Hall–Kier alpha value is -3.09. The van der Waals surface area contributed by atoms with Crippen molar-refractivity contribution >= 4 is 5.91 Å². The van der Waals surface area contributed by atoms with Gasteiger partial charge in [-0.1, -0.05) is 17.3 Å². The number of carbonyl (C=O) groups is 1. The van der Waals surface area contributed by atoms with E-state index in [0.717, 1.165) is 34.2 Å². The highest BCUT2D eigenvalue weighted by Crippen LogP contribution is 2.24. The molecule has 1 amide bonds. The number of methoxy groups -OCH3 is 1. The summed E-state index contributed by atoms with van der Waals surface area (Å²) < 4.78 is 12.4. The third kappa shape index (κ3) is 4.19. The first-order chi connectivity index (χ1) is 13.0. The fourth-order valence-electron chi connectivity index (χ4n) is 3.10. The van der Waals surface area contributed by atoms with Crippen LogP contribution in [0.5, 0.6) is 5.75 Å². The highest BCUT2D eigenvalue weighted by Gasteiger charge is 2.21. The summed E-state index contributed by atoms with van der Waals surface area (Å²) in [6, 6.07) is 7.28. The predicted molar refractivity (Wildman–Crippen MR) is 100 cm³/mol. The number of nitrogens with zero attached hydrogens (tertiary/aromatic N) is 3. The number of carbonyl (C=O) groups excluding carboxylic acids is 1. The minimum absolute atomic E-state index is 0.0641. The number of amides is 1. The van der Waals surface area contributed by atoms with Gasteiger partial charge < -0.3 is 19.1 Å². The summed E-state index contributed by atoms with van der Waals surface area (Å²) in [4.78, 5) is 17.1. The minimum atomic E-state index is -0.364. The molecule has 0 radical (unpaired) electrons. The largest absolute Gasteiger partial charge is 0.497 e. The molecule has 1 aromatic carbocycles. The first-order valence-electron chi connectivity index (χ1n) is 8.82. The molecule has 0 aliphatic heterocycles. The Labute approximate surface area is 158 Å². The molecule has 2 heterocycles. The zero-order valence-electron chi connectivity index (χ0n) is 16.0. The third-order valence-electron chi connectivity index (χ3n) is 4.63. The molecule has 27 heavy (non-hydrogen) atoms. The van der Waals surface area contributed by atoms with Crippen LogP contribution in [-0.4, -0.2) is 27.7 Å². The molecule has 0 saturated heterocycles. The third-order valence-corrected chi connectivity index (χ3v) is 4.63. The van der Waals surface area contributed by atoms with Crippen molar-refractivity contribution in [3.63, 3.8) is 0 Å². The molecule has 142 valence electrons. The molecule has 1 unspecified atom stereocenters. The van der Waals surface area contributed by atoms with Crippen molar-refractivity contribution < 1.29 is 14.1 Å². The Kier molecular flexibility index (Phi) is 5.59. The lowest BCUT2D eigenvalue weighted by atomic mass is 10.0. The zero-order valence-corrected chi connectivity index (χ0v) is 16.0. The van der Waals surface area contributed by atoms with Crippen LogP contribution < -0.4 is 10.1 Å². The van der Waals surface area contributed by atoms with Crippen molar-refractivity contribution in [3.05, 3.63) is 65.1 Å². The predicted octanol–water partition coefficient (Wildman–Crippen LogP) is 2.87. The fraction of sp³-hybridized carbons (Fsp3) is 0.350. The lowest BCUT2D eigenvalue weighted by molar-refractivity contribution is -0.121. The van der Waals surface area contributed by atoms with Gasteiger partial charge >= 0.3 is 0 Å². The zero-order chi connectivity index (χ0) is 19.4. The topological polar surface area (TPSA) is 82.2 Å². The van der Waals surface area contributed by atoms with Gasteiger partial charge in [-0.05, 0) is 38.0 Å². The van der Waals surface area contributed by atoms with E-state index >= 15 is 0 Å². The molecule has 0 bridgehead atoms. The second kappa shape index (κ2) is 8.07. The van der Waals surface area contributed by atoms with E-state index < -0.39 is 0 Å². The minimum Gasteiger partial charge on any atom is -0.497 e. The average Bonchev–Trinajstić information content (AvgIpc) is 3.23. The lowest BCUT2D eigenvalue weighted by Gasteiger charge is -2.20. The molecule has 0 aliphatic carbocycles. The van der Waals surface area contributed by atoms with E-state index in [2.05, 4.69) is 15.5 Å². The number of rotatable bonds is 7. The molecule has 0 spiro atoms. The van der Waals surface area contributed by atoms with E-state index in [-0.39, 0.29) is 11.9 Å². The number of hydrogen-bond donors (Lipinski definition) is 1. The Morgan fingerprint density at radius 2 is 2.19 bits per heavy atom. The van der Waals surface area contributed by atoms with Crippen LogP contribution in [0.3, 0.4) is 0 Å². The molecule has 2 aromatic heterocycles. The van der Waals surface area contributed by atoms with E-state index in [1.54, 1.807) is 13.3 Å². The highest BCUT2D eigenvalue weighted by atomic mass is 16.5. The van der Waals surface area contributed by atoms with Gasteiger partial charge in [0.05, 0.1) is 12.8 Å². The molecule has 0 saturated carbocycles. The van der Waals surface area contributed by atoms with Crippen molar-refractivity contribution in [1.29, 1.82) is 0 Å². The number of imidazole rings is 1. The van der Waals surface area contributed by atoms with Crippen LogP contribution in [0.4, 0.5) is 0 Å². The molecule has 7 nitrogen and oxygen atoms in total. The Morgan fingerprint density at radius 1 is 1.37 bits per heavy atom. The van der Waals surface area contributed by atoms with Crippen LogP contribution in [-0.2, 0) is 18.3 Å².